The predicted octanol–water partition coefficient (Wildman–Crippen LogP) is 3.17. The van der Waals surface area contributed by atoms with Crippen molar-refractivity contribution in [1.82, 2.24) is 9.78 Å². The Morgan fingerprint density at radius 3 is 2.89 bits per heavy atom. The summed E-state index contributed by atoms with van der Waals surface area (Å²) >= 11 is 5.71. The van der Waals surface area contributed by atoms with Crippen molar-refractivity contribution in [3.8, 4) is 0 Å². The van der Waals surface area contributed by atoms with Crippen molar-refractivity contribution >= 4 is 11.6 Å². The molecular formula is C13H14ClFN2O. The maximum Gasteiger partial charge on any atom is 0.141 e. The third-order valence-electron chi connectivity index (χ3n) is 2.72. The molecule has 0 saturated carbocycles. The molecule has 0 bridgehead atoms. The van der Waals surface area contributed by atoms with Gasteiger partial charge in [0.1, 0.15) is 11.9 Å². The van der Waals surface area contributed by atoms with Gasteiger partial charge in [0.15, 0.2) is 0 Å². The Bertz CT molecular complexity index is 542. The fourth-order valence-corrected chi connectivity index (χ4v) is 2.02. The molecule has 1 aromatic carbocycles. The Kier molecular flexibility index (Phi) is 3.99. The number of aryl methyl sites for hydroxylation is 1. The van der Waals surface area contributed by atoms with Gasteiger partial charge in [-0.25, -0.2) is 4.39 Å². The van der Waals surface area contributed by atoms with E-state index in [0.717, 1.165) is 13.0 Å². The zero-order chi connectivity index (χ0) is 13.1. The van der Waals surface area contributed by atoms with Crippen molar-refractivity contribution in [3.05, 3.63) is 52.6 Å². The molecule has 3 nitrogen and oxygen atoms in total. The third-order valence-corrected chi connectivity index (χ3v) is 3.01. The summed E-state index contributed by atoms with van der Waals surface area (Å²) in [6.45, 7) is 2.76. The lowest BCUT2D eigenvalue weighted by molar-refractivity contribution is 0.207. The van der Waals surface area contributed by atoms with Crippen LogP contribution in [0.3, 0.4) is 0 Å². The van der Waals surface area contributed by atoms with E-state index in [2.05, 4.69) is 5.10 Å². The first kappa shape index (κ1) is 13.1. The molecule has 1 heterocycles. The SMILES string of the molecule is CCCn1nccc1C(O)c1ccc(F)c(Cl)c1. The van der Waals surface area contributed by atoms with Crippen molar-refractivity contribution in [1.29, 1.82) is 0 Å². The lowest BCUT2D eigenvalue weighted by atomic mass is 10.1. The van der Waals surface area contributed by atoms with Crippen molar-refractivity contribution in [2.75, 3.05) is 0 Å². The van der Waals surface area contributed by atoms with E-state index < -0.39 is 11.9 Å². The van der Waals surface area contributed by atoms with Crippen LogP contribution in [0, 0.1) is 5.82 Å². The minimum absolute atomic E-state index is 0.00751. The highest BCUT2D eigenvalue weighted by Gasteiger charge is 2.16. The Morgan fingerprint density at radius 1 is 1.44 bits per heavy atom. The van der Waals surface area contributed by atoms with Crippen molar-refractivity contribution in [2.45, 2.75) is 26.0 Å². The number of aromatic nitrogens is 2. The van der Waals surface area contributed by atoms with Crippen LogP contribution < -0.4 is 0 Å². The van der Waals surface area contributed by atoms with E-state index in [1.807, 2.05) is 6.92 Å². The van der Waals surface area contributed by atoms with Gasteiger partial charge in [0, 0.05) is 12.7 Å². The second kappa shape index (κ2) is 5.50. The van der Waals surface area contributed by atoms with Crippen molar-refractivity contribution in [2.24, 2.45) is 0 Å². The van der Waals surface area contributed by atoms with Crippen molar-refractivity contribution in [3.63, 3.8) is 0 Å². The minimum Gasteiger partial charge on any atom is -0.382 e. The second-order valence-electron chi connectivity index (χ2n) is 4.06. The van der Waals surface area contributed by atoms with Crippen molar-refractivity contribution < 1.29 is 9.50 Å². The van der Waals surface area contributed by atoms with Gasteiger partial charge in [-0.05, 0) is 30.2 Å². The molecule has 1 unspecified atom stereocenters. The molecule has 1 aromatic heterocycles. The fraction of sp³-hybridized carbons (Fsp3) is 0.308. The fourth-order valence-electron chi connectivity index (χ4n) is 1.83. The van der Waals surface area contributed by atoms with Gasteiger partial charge in [-0.1, -0.05) is 24.6 Å². The van der Waals surface area contributed by atoms with Crippen LogP contribution in [-0.2, 0) is 6.54 Å². The molecule has 18 heavy (non-hydrogen) atoms. The van der Waals surface area contributed by atoms with E-state index >= 15 is 0 Å². The molecule has 0 radical (unpaired) electrons. The first-order valence-corrected chi connectivity index (χ1v) is 6.16. The smallest absolute Gasteiger partial charge is 0.141 e. The normalized spacial score (nSPS) is 12.7. The van der Waals surface area contributed by atoms with Crippen LogP contribution in [0.2, 0.25) is 5.02 Å². The summed E-state index contributed by atoms with van der Waals surface area (Å²) in [7, 11) is 0. The van der Waals surface area contributed by atoms with Crippen LogP contribution in [-0.4, -0.2) is 14.9 Å². The highest BCUT2D eigenvalue weighted by Crippen LogP contribution is 2.25. The summed E-state index contributed by atoms with van der Waals surface area (Å²) < 4.78 is 14.8. The summed E-state index contributed by atoms with van der Waals surface area (Å²) in [4.78, 5) is 0. The van der Waals surface area contributed by atoms with Crippen LogP contribution >= 0.6 is 11.6 Å². The molecular weight excluding hydrogens is 255 g/mol. The van der Waals surface area contributed by atoms with Crippen LogP contribution in [0.25, 0.3) is 0 Å². The number of rotatable bonds is 4. The Balaban J connectivity index is 2.32. The van der Waals surface area contributed by atoms with E-state index in [9.17, 15) is 9.50 Å². The number of hydrogen-bond donors (Lipinski definition) is 1. The van der Waals surface area contributed by atoms with E-state index in [4.69, 9.17) is 11.6 Å². The van der Waals surface area contributed by atoms with Gasteiger partial charge >= 0.3 is 0 Å². The average Bonchev–Trinajstić information content (AvgIpc) is 2.80. The monoisotopic (exact) mass is 268 g/mol. The number of hydrogen-bond acceptors (Lipinski definition) is 2. The molecule has 0 amide bonds. The van der Waals surface area contributed by atoms with Gasteiger partial charge in [0.2, 0.25) is 0 Å². The van der Waals surface area contributed by atoms with Crippen LogP contribution in [0.5, 0.6) is 0 Å². The summed E-state index contributed by atoms with van der Waals surface area (Å²) in [5.74, 6) is -0.491. The second-order valence-corrected chi connectivity index (χ2v) is 4.46. The number of benzene rings is 1. The Morgan fingerprint density at radius 2 is 2.22 bits per heavy atom. The van der Waals surface area contributed by atoms with Gasteiger partial charge < -0.3 is 5.11 Å². The van der Waals surface area contributed by atoms with E-state index in [1.54, 1.807) is 16.9 Å². The summed E-state index contributed by atoms with van der Waals surface area (Å²) in [6.07, 6.45) is 1.71. The number of aliphatic hydroxyl groups excluding tert-OH is 1. The van der Waals surface area contributed by atoms with Gasteiger partial charge in [-0.2, -0.15) is 5.10 Å². The molecule has 0 aliphatic rings. The van der Waals surface area contributed by atoms with Crippen LogP contribution in [0.15, 0.2) is 30.5 Å². The largest absolute Gasteiger partial charge is 0.382 e. The van der Waals surface area contributed by atoms with Gasteiger partial charge in [-0.3, -0.25) is 4.68 Å². The minimum atomic E-state index is -0.850. The molecule has 0 aliphatic heterocycles. The first-order valence-electron chi connectivity index (χ1n) is 5.78. The molecule has 1 atom stereocenters. The Hall–Kier alpha value is -1.39. The molecule has 5 heteroatoms. The molecule has 0 spiro atoms. The molecule has 1 N–H and O–H groups in total. The lowest BCUT2D eigenvalue weighted by Crippen LogP contribution is -2.10. The average molecular weight is 269 g/mol. The maximum absolute atomic E-state index is 13.1. The van der Waals surface area contributed by atoms with Gasteiger partial charge in [0.05, 0.1) is 10.7 Å². The molecule has 96 valence electrons. The summed E-state index contributed by atoms with van der Waals surface area (Å²) in [5, 5.41) is 14.4. The zero-order valence-electron chi connectivity index (χ0n) is 9.98. The van der Waals surface area contributed by atoms with E-state index in [-0.39, 0.29) is 5.02 Å². The molecule has 0 fully saturated rings. The maximum atomic E-state index is 13.1. The van der Waals surface area contributed by atoms with Crippen LogP contribution in [0.1, 0.15) is 30.7 Å². The highest BCUT2D eigenvalue weighted by molar-refractivity contribution is 6.30. The molecule has 0 saturated heterocycles. The molecule has 2 aromatic rings. The standard InChI is InChI=1S/C13H14ClFN2O/c1-2-7-17-12(5-6-16-17)13(18)9-3-4-11(15)10(14)8-9/h3-6,8,13,18H,2,7H2,1H3. The molecule has 2 rings (SSSR count). The lowest BCUT2D eigenvalue weighted by Gasteiger charge is -2.13. The number of nitrogens with zero attached hydrogens (tertiary/aromatic N) is 2. The summed E-state index contributed by atoms with van der Waals surface area (Å²) in [6, 6.07) is 5.96. The predicted molar refractivity (Wildman–Crippen MR) is 68.0 cm³/mol. The quantitative estimate of drug-likeness (QED) is 0.925. The first-order chi connectivity index (χ1) is 8.63. The van der Waals surface area contributed by atoms with Crippen LogP contribution in [0.4, 0.5) is 4.39 Å². The zero-order valence-corrected chi connectivity index (χ0v) is 10.7. The molecule has 0 aliphatic carbocycles. The van der Waals surface area contributed by atoms with E-state index in [0.29, 0.717) is 11.3 Å². The number of aliphatic hydroxyl groups is 1. The van der Waals surface area contributed by atoms with E-state index in [1.165, 1.54) is 18.2 Å². The summed E-state index contributed by atoms with van der Waals surface area (Å²) in [5.41, 5.74) is 1.23. The third kappa shape index (κ3) is 2.54. The topological polar surface area (TPSA) is 38.0 Å². The van der Waals surface area contributed by atoms with Gasteiger partial charge in [-0.15, -0.1) is 0 Å². The highest BCUT2D eigenvalue weighted by atomic mass is 35.5. The number of halogens is 2. The Labute approximate surface area is 110 Å². The van der Waals surface area contributed by atoms with Gasteiger partial charge in [0.25, 0.3) is 0 Å².